The molecular formula is C15H21Cl2N. The highest BCUT2D eigenvalue weighted by Gasteiger charge is 2.18. The number of rotatable bonds is 5. The molecule has 18 heavy (non-hydrogen) atoms. The summed E-state index contributed by atoms with van der Waals surface area (Å²) < 4.78 is 0. The van der Waals surface area contributed by atoms with Crippen LogP contribution in [0.4, 0.5) is 0 Å². The van der Waals surface area contributed by atoms with E-state index in [0.29, 0.717) is 11.1 Å². The Morgan fingerprint density at radius 1 is 1.28 bits per heavy atom. The maximum atomic E-state index is 6.27. The van der Waals surface area contributed by atoms with E-state index >= 15 is 0 Å². The summed E-state index contributed by atoms with van der Waals surface area (Å²) in [5, 5.41) is 4.85. The zero-order valence-corrected chi connectivity index (χ0v) is 12.4. The van der Waals surface area contributed by atoms with Crippen LogP contribution < -0.4 is 5.32 Å². The van der Waals surface area contributed by atoms with Crippen LogP contribution in [0.1, 0.15) is 50.1 Å². The Morgan fingerprint density at radius 2 is 2.00 bits per heavy atom. The minimum atomic E-state index is 0.343. The van der Waals surface area contributed by atoms with Gasteiger partial charge in [-0.1, -0.05) is 55.0 Å². The fraction of sp³-hybridized carbons (Fsp3) is 0.600. The van der Waals surface area contributed by atoms with Crippen molar-refractivity contribution in [2.24, 2.45) is 5.92 Å². The van der Waals surface area contributed by atoms with Crippen LogP contribution in [0.15, 0.2) is 18.2 Å². The summed E-state index contributed by atoms with van der Waals surface area (Å²) in [6.07, 6.45) is 8.09. The van der Waals surface area contributed by atoms with Gasteiger partial charge in [0.2, 0.25) is 0 Å². The lowest BCUT2D eigenvalue weighted by Crippen LogP contribution is -2.17. The van der Waals surface area contributed by atoms with Crippen molar-refractivity contribution in [1.82, 2.24) is 5.32 Å². The first kappa shape index (κ1) is 14.2. The Labute approximate surface area is 120 Å². The molecule has 1 atom stereocenters. The molecule has 1 aliphatic carbocycles. The van der Waals surface area contributed by atoms with E-state index in [9.17, 15) is 0 Å². The standard InChI is InChI=1S/C15H21Cl2N/c1-18-15(9-6-11-4-2-3-5-11)13-8-7-12(16)10-14(13)17/h7-8,10-11,15,18H,2-6,9H2,1H3. The topological polar surface area (TPSA) is 12.0 Å². The Balaban J connectivity index is 1.98. The number of halogens is 2. The van der Waals surface area contributed by atoms with Gasteiger partial charge in [-0.2, -0.15) is 0 Å². The monoisotopic (exact) mass is 285 g/mol. The van der Waals surface area contributed by atoms with E-state index in [1.165, 1.54) is 37.7 Å². The van der Waals surface area contributed by atoms with Crippen LogP contribution in [0.5, 0.6) is 0 Å². The fourth-order valence-electron chi connectivity index (χ4n) is 2.94. The van der Waals surface area contributed by atoms with Crippen molar-refractivity contribution in [3.05, 3.63) is 33.8 Å². The summed E-state index contributed by atoms with van der Waals surface area (Å²) in [5.74, 6) is 0.923. The van der Waals surface area contributed by atoms with Crippen molar-refractivity contribution < 1.29 is 0 Å². The summed E-state index contributed by atoms with van der Waals surface area (Å²) in [6.45, 7) is 0. The predicted octanol–water partition coefficient (Wildman–Crippen LogP) is 5.22. The molecule has 1 unspecified atom stereocenters. The maximum Gasteiger partial charge on any atom is 0.0468 e. The van der Waals surface area contributed by atoms with Crippen molar-refractivity contribution >= 4 is 23.2 Å². The maximum absolute atomic E-state index is 6.27. The van der Waals surface area contributed by atoms with Crippen molar-refractivity contribution in [2.45, 2.75) is 44.6 Å². The normalized spacial score (nSPS) is 18.2. The van der Waals surface area contributed by atoms with Crippen LogP contribution in [0.2, 0.25) is 10.0 Å². The Hall–Kier alpha value is -0.240. The molecule has 0 radical (unpaired) electrons. The van der Waals surface area contributed by atoms with Gasteiger partial charge in [0.25, 0.3) is 0 Å². The molecule has 1 aromatic rings. The van der Waals surface area contributed by atoms with E-state index in [-0.39, 0.29) is 0 Å². The van der Waals surface area contributed by atoms with Crippen molar-refractivity contribution in [2.75, 3.05) is 7.05 Å². The third-order valence-corrected chi connectivity index (χ3v) is 4.59. The molecule has 0 spiro atoms. The minimum Gasteiger partial charge on any atom is -0.313 e. The third-order valence-electron chi connectivity index (χ3n) is 4.02. The van der Waals surface area contributed by atoms with Gasteiger partial charge >= 0.3 is 0 Å². The van der Waals surface area contributed by atoms with Crippen LogP contribution in [-0.4, -0.2) is 7.05 Å². The largest absolute Gasteiger partial charge is 0.313 e. The molecule has 0 aromatic heterocycles. The fourth-order valence-corrected chi connectivity index (χ4v) is 3.48. The van der Waals surface area contributed by atoms with E-state index in [1.807, 2.05) is 25.2 Å². The van der Waals surface area contributed by atoms with Gasteiger partial charge in [-0.3, -0.25) is 0 Å². The molecule has 3 heteroatoms. The third kappa shape index (κ3) is 3.63. The lowest BCUT2D eigenvalue weighted by atomic mass is 9.95. The summed E-state index contributed by atoms with van der Waals surface area (Å²) in [6, 6.07) is 6.14. The molecule has 100 valence electrons. The zero-order chi connectivity index (χ0) is 13.0. The van der Waals surface area contributed by atoms with Crippen LogP contribution in [0.25, 0.3) is 0 Å². The van der Waals surface area contributed by atoms with E-state index < -0.39 is 0 Å². The lowest BCUT2D eigenvalue weighted by molar-refractivity contribution is 0.427. The first-order valence-corrected chi connectivity index (χ1v) is 7.58. The molecule has 1 aromatic carbocycles. The molecule has 0 amide bonds. The van der Waals surface area contributed by atoms with Gasteiger partial charge < -0.3 is 5.32 Å². The second-order valence-corrected chi connectivity index (χ2v) is 6.08. The van der Waals surface area contributed by atoms with Crippen LogP contribution in [-0.2, 0) is 0 Å². The van der Waals surface area contributed by atoms with Crippen LogP contribution >= 0.6 is 23.2 Å². The molecule has 0 heterocycles. The molecule has 1 N–H and O–H groups in total. The SMILES string of the molecule is CNC(CCC1CCCC1)c1ccc(Cl)cc1Cl. The van der Waals surface area contributed by atoms with Gasteiger partial charge in [0, 0.05) is 16.1 Å². The molecule has 0 aliphatic heterocycles. The number of nitrogens with one attached hydrogen (secondary N) is 1. The van der Waals surface area contributed by atoms with E-state index in [0.717, 1.165) is 17.4 Å². The molecular weight excluding hydrogens is 265 g/mol. The average molecular weight is 286 g/mol. The second-order valence-electron chi connectivity index (χ2n) is 5.23. The smallest absolute Gasteiger partial charge is 0.0468 e. The molecule has 1 saturated carbocycles. The van der Waals surface area contributed by atoms with Crippen LogP contribution in [0.3, 0.4) is 0 Å². The van der Waals surface area contributed by atoms with Gasteiger partial charge in [-0.15, -0.1) is 0 Å². The summed E-state index contributed by atoms with van der Waals surface area (Å²) in [5.41, 5.74) is 1.17. The molecule has 2 rings (SSSR count). The number of hydrogen-bond donors (Lipinski definition) is 1. The van der Waals surface area contributed by atoms with E-state index in [4.69, 9.17) is 23.2 Å². The van der Waals surface area contributed by atoms with Gasteiger partial charge in [0.1, 0.15) is 0 Å². The molecule has 1 aliphatic rings. The van der Waals surface area contributed by atoms with Gasteiger partial charge in [0.05, 0.1) is 0 Å². The van der Waals surface area contributed by atoms with E-state index in [2.05, 4.69) is 5.32 Å². The van der Waals surface area contributed by atoms with Crippen molar-refractivity contribution in [1.29, 1.82) is 0 Å². The van der Waals surface area contributed by atoms with Crippen molar-refractivity contribution in [3.63, 3.8) is 0 Å². The van der Waals surface area contributed by atoms with Gasteiger partial charge in [0.15, 0.2) is 0 Å². The molecule has 1 fully saturated rings. The molecule has 0 bridgehead atoms. The van der Waals surface area contributed by atoms with Crippen molar-refractivity contribution in [3.8, 4) is 0 Å². The highest BCUT2D eigenvalue weighted by molar-refractivity contribution is 6.35. The minimum absolute atomic E-state index is 0.343. The molecule has 0 saturated heterocycles. The summed E-state index contributed by atoms with van der Waals surface area (Å²) in [7, 11) is 2.00. The Bertz CT molecular complexity index is 386. The highest BCUT2D eigenvalue weighted by Crippen LogP contribution is 2.33. The summed E-state index contributed by atoms with van der Waals surface area (Å²) in [4.78, 5) is 0. The Morgan fingerprint density at radius 3 is 2.61 bits per heavy atom. The van der Waals surface area contributed by atoms with Gasteiger partial charge in [-0.25, -0.2) is 0 Å². The highest BCUT2D eigenvalue weighted by atomic mass is 35.5. The van der Waals surface area contributed by atoms with E-state index in [1.54, 1.807) is 0 Å². The predicted molar refractivity (Wildman–Crippen MR) is 79.5 cm³/mol. The summed E-state index contributed by atoms with van der Waals surface area (Å²) >= 11 is 12.2. The quantitative estimate of drug-likeness (QED) is 0.782. The second kappa shape index (κ2) is 6.79. The lowest BCUT2D eigenvalue weighted by Gasteiger charge is -2.20. The average Bonchev–Trinajstić information content (AvgIpc) is 2.85. The zero-order valence-electron chi connectivity index (χ0n) is 10.9. The number of benzene rings is 1. The first-order valence-electron chi connectivity index (χ1n) is 6.83. The Kier molecular flexibility index (Phi) is 5.35. The molecule has 1 nitrogen and oxygen atoms in total. The number of hydrogen-bond acceptors (Lipinski definition) is 1. The first-order chi connectivity index (χ1) is 8.70. The van der Waals surface area contributed by atoms with Crippen LogP contribution in [0, 0.1) is 5.92 Å². The van der Waals surface area contributed by atoms with Gasteiger partial charge in [-0.05, 0) is 43.5 Å².